The number of carboxylic acids is 1. The third kappa shape index (κ3) is 7.33. The van der Waals surface area contributed by atoms with E-state index in [2.05, 4.69) is 20.2 Å². The van der Waals surface area contributed by atoms with E-state index in [0.29, 0.717) is 75.0 Å². The van der Waals surface area contributed by atoms with Crippen LogP contribution in [0.15, 0.2) is 48.5 Å². The van der Waals surface area contributed by atoms with E-state index in [4.69, 9.17) is 22.1 Å². The number of aromatic nitrogens is 2. The molecule has 1 amide bonds. The van der Waals surface area contributed by atoms with Crippen LogP contribution in [0.25, 0.3) is 11.1 Å². The number of hydrogen-bond donors (Lipinski definition) is 3. The van der Waals surface area contributed by atoms with Crippen LogP contribution in [0.3, 0.4) is 0 Å². The molecule has 3 aromatic rings. The SMILES string of the molecule is Nc1nc(OC(c2ccc(Cl)cc2-c2cccc(C(=O)N3CCN(C4CC4)CC3)c2)C(F)(F)F)cc(N2CCC3(CC2)CN[C@H](C(=O)O)C3)n1. The van der Waals surface area contributed by atoms with Gasteiger partial charge in [0.2, 0.25) is 17.9 Å². The lowest BCUT2D eigenvalue weighted by Crippen LogP contribution is -2.49. The van der Waals surface area contributed by atoms with Gasteiger partial charge in [-0.25, -0.2) is 0 Å². The van der Waals surface area contributed by atoms with E-state index < -0.39 is 24.3 Å². The van der Waals surface area contributed by atoms with Gasteiger partial charge in [-0.3, -0.25) is 14.5 Å². The lowest BCUT2D eigenvalue weighted by Gasteiger charge is -2.39. The van der Waals surface area contributed by atoms with Gasteiger partial charge < -0.3 is 30.7 Å². The van der Waals surface area contributed by atoms with Gasteiger partial charge in [-0.15, -0.1) is 0 Å². The molecule has 3 saturated heterocycles. The molecule has 1 aromatic heterocycles. The second-order valence-electron chi connectivity index (χ2n) is 13.8. The van der Waals surface area contributed by atoms with Gasteiger partial charge in [0.25, 0.3) is 5.91 Å². The topological polar surface area (TPSA) is 137 Å². The molecule has 7 rings (SSSR count). The van der Waals surface area contributed by atoms with Crippen molar-refractivity contribution in [1.82, 2.24) is 25.1 Å². The van der Waals surface area contributed by atoms with E-state index >= 15 is 0 Å². The van der Waals surface area contributed by atoms with Gasteiger partial charge >= 0.3 is 12.1 Å². The average Bonchev–Trinajstić information content (AvgIpc) is 3.87. The molecule has 4 fully saturated rings. The largest absolute Gasteiger partial charge is 0.480 e. The first-order chi connectivity index (χ1) is 23.9. The van der Waals surface area contributed by atoms with Gasteiger partial charge in [0.15, 0.2) is 0 Å². The van der Waals surface area contributed by atoms with Crippen molar-refractivity contribution in [2.24, 2.45) is 5.41 Å². The Morgan fingerprint density at radius 3 is 2.42 bits per heavy atom. The summed E-state index contributed by atoms with van der Waals surface area (Å²) in [6.07, 6.45) is -3.05. The third-order valence-corrected chi connectivity index (χ3v) is 10.7. The van der Waals surface area contributed by atoms with Gasteiger partial charge in [-0.1, -0.05) is 29.8 Å². The number of nitrogens with one attached hydrogen (secondary N) is 1. The van der Waals surface area contributed by atoms with E-state index in [0.717, 1.165) is 13.1 Å². The molecule has 0 radical (unpaired) electrons. The first-order valence-electron chi connectivity index (χ1n) is 16.9. The minimum atomic E-state index is -4.87. The van der Waals surface area contributed by atoms with Crippen LogP contribution in [0.1, 0.15) is 54.1 Å². The van der Waals surface area contributed by atoms with Crippen molar-refractivity contribution in [3.63, 3.8) is 0 Å². The molecule has 2 atom stereocenters. The number of amides is 1. The van der Waals surface area contributed by atoms with Crippen molar-refractivity contribution in [3.05, 3.63) is 64.7 Å². The Labute approximate surface area is 292 Å². The number of carboxylic acid groups (broad SMARTS) is 1. The maximum atomic E-state index is 14.9. The van der Waals surface area contributed by atoms with Crippen molar-refractivity contribution in [3.8, 4) is 17.0 Å². The highest BCUT2D eigenvalue weighted by molar-refractivity contribution is 6.30. The van der Waals surface area contributed by atoms with Gasteiger partial charge in [0.1, 0.15) is 11.9 Å². The lowest BCUT2D eigenvalue weighted by atomic mass is 9.76. The Balaban J connectivity index is 1.12. The van der Waals surface area contributed by atoms with Crippen molar-refractivity contribution in [2.75, 3.05) is 56.4 Å². The number of rotatable bonds is 8. The summed E-state index contributed by atoms with van der Waals surface area (Å²) in [6, 6.07) is 12.0. The number of alkyl halides is 3. The molecule has 1 aliphatic carbocycles. The van der Waals surface area contributed by atoms with Crippen LogP contribution < -0.4 is 20.7 Å². The molecule has 1 spiro atoms. The molecule has 0 bridgehead atoms. The first-order valence-corrected chi connectivity index (χ1v) is 17.3. The molecule has 11 nitrogen and oxygen atoms in total. The summed E-state index contributed by atoms with van der Waals surface area (Å²) in [4.78, 5) is 39.3. The van der Waals surface area contributed by atoms with E-state index in [-0.39, 0.29) is 39.3 Å². The minimum Gasteiger partial charge on any atom is -0.480 e. The van der Waals surface area contributed by atoms with Crippen LogP contribution in [0.2, 0.25) is 5.02 Å². The Bertz CT molecular complexity index is 1760. The summed E-state index contributed by atoms with van der Waals surface area (Å²) in [6.45, 7) is 4.41. The number of nitrogens with zero attached hydrogens (tertiary/aromatic N) is 5. The van der Waals surface area contributed by atoms with Gasteiger partial charge in [-0.2, -0.15) is 23.1 Å². The highest BCUT2D eigenvalue weighted by atomic mass is 35.5. The number of ether oxygens (including phenoxy) is 1. The number of nitrogen functional groups attached to an aromatic ring is 1. The molecular weight excluding hydrogens is 675 g/mol. The summed E-state index contributed by atoms with van der Waals surface area (Å²) in [5.74, 6) is -1.32. The number of halogens is 4. The minimum absolute atomic E-state index is 0.168. The van der Waals surface area contributed by atoms with Gasteiger partial charge in [0, 0.05) is 74.1 Å². The molecular formula is C35H39ClF3N7O4. The van der Waals surface area contributed by atoms with Crippen LogP contribution >= 0.6 is 11.6 Å². The molecule has 15 heteroatoms. The second-order valence-corrected chi connectivity index (χ2v) is 14.2. The van der Waals surface area contributed by atoms with Gasteiger partial charge in [-0.05, 0) is 72.9 Å². The van der Waals surface area contributed by atoms with Crippen LogP contribution in [0.5, 0.6) is 5.88 Å². The van der Waals surface area contributed by atoms with E-state index in [1.807, 2.05) is 4.90 Å². The molecule has 4 N–H and O–H groups in total. The van der Waals surface area contributed by atoms with Crippen LogP contribution in [-0.4, -0.2) is 101 Å². The molecule has 1 saturated carbocycles. The number of benzene rings is 2. The fraction of sp³-hybridized carbons (Fsp3) is 0.486. The summed E-state index contributed by atoms with van der Waals surface area (Å²) in [7, 11) is 0. The van der Waals surface area contributed by atoms with E-state index in [1.54, 1.807) is 29.2 Å². The number of nitrogens with two attached hydrogens (primary N) is 1. The molecule has 2 aromatic carbocycles. The zero-order chi connectivity index (χ0) is 35.2. The fourth-order valence-corrected chi connectivity index (χ4v) is 7.67. The number of carbonyl (C=O) groups is 2. The number of piperidine rings is 1. The monoisotopic (exact) mass is 713 g/mol. The van der Waals surface area contributed by atoms with Crippen molar-refractivity contribution in [1.29, 1.82) is 0 Å². The molecule has 4 heterocycles. The quantitative estimate of drug-likeness (QED) is 0.292. The smallest absolute Gasteiger partial charge is 0.429 e. The summed E-state index contributed by atoms with van der Waals surface area (Å²) in [5, 5.41) is 12.7. The molecule has 50 heavy (non-hydrogen) atoms. The third-order valence-electron chi connectivity index (χ3n) is 10.4. The second kappa shape index (κ2) is 13.5. The Kier molecular flexibility index (Phi) is 9.29. The molecule has 1 unspecified atom stereocenters. The van der Waals surface area contributed by atoms with Crippen LogP contribution in [0.4, 0.5) is 24.9 Å². The summed E-state index contributed by atoms with van der Waals surface area (Å²) >= 11 is 6.33. The maximum Gasteiger partial charge on any atom is 0.429 e. The Morgan fingerprint density at radius 1 is 1.02 bits per heavy atom. The summed E-state index contributed by atoms with van der Waals surface area (Å²) in [5.41, 5.74) is 6.55. The average molecular weight is 714 g/mol. The highest BCUT2D eigenvalue weighted by Gasteiger charge is 2.46. The number of piperazine rings is 1. The molecule has 4 aliphatic rings. The zero-order valence-corrected chi connectivity index (χ0v) is 28.1. The Hall–Kier alpha value is -4.14. The number of aliphatic carboxylic acids is 1. The van der Waals surface area contributed by atoms with E-state index in [9.17, 15) is 27.9 Å². The van der Waals surface area contributed by atoms with Crippen molar-refractivity contribution in [2.45, 2.75) is 56.5 Å². The van der Waals surface area contributed by atoms with Gasteiger partial charge in [0.05, 0.1) is 0 Å². The van der Waals surface area contributed by atoms with E-state index in [1.165, 1.54) is 37.1 Å². The predicted octanol–water partition coefficient (Wildman–Crippen LogP) is 5.01. The highest BCUT2D eigenvalue weighted by Crippen LogP contribution is 2.44. The Morgan fingerprint density at radius 2 is 1.76 bits per heavy atom. The molecule has 266 valence electrons. The normalized spacial score (nSPS) is 21.7. The van der Waals surface area contributed by atoms with Crippen LogP contribution in [0, 0.1) is 5.41 Å². The molecule has 3 aliphatic heterocycles. The van der Waals surface area contributed by atoms with Crippen LogP contribution in [-0.2, 0) is 4.79 Å². The fourth-order valence-electron chi connectivity index (χ4n) is 7.50. The lowest BCUT2D eigenvalue weighted by molar-refractivity contribution is -0.198. The number of carbonyl (C=O) groups excluding carboxylic acids is 1. The number of anilines is 2. The summed E-state index contributed by atoms with van der Waals surface area (Å²) < 4.78 is 50.3. The zero-order valence-electron chi connectivity index (χ0n) is 27.3. The van der Waals surface area contributed by atoms with Crippen molar-refractivity contribution >= 4 is 35.2 Å². The van der Waals surface area contributed by atoms with Crippen molar-refractivity contribution < 1.29 is 32.6 Å². The standard InChI is InChI=1S/C35H39ClF3N7O4/c36-23-4-7-25(26(17-23)21-2-1-3-22(16-21)31(47)46-14-12-44(13-15-46)24-5-6-24)30(35(37,38)39)50-29-18-28(42-33(40)43-29)45-10-8-34(9-11-45)19-27(32(48)49)41-20-34/h1-4,7,16-18,24,27,30,41H,5-6,8-15,19-20H2,(H,48,49)(H2,40,42,43)/t27-,30?/m0/s1. The first kappa shape index (κ1) is 34.3. The number of hydrogen-bond acceptors (Lipinski definition) is 9. The predicted molar refractivity (Wildman–Crippen MR) is 181 cm³/mol. The maximum absolute atomic E-state index is 14.9.